The summed E-state index contributed by atoms with van der Waals surface area (Å²) in [5.41, 5.74) is 12.2. The third-order valence-corrected chi connectivity index (χ3v) is 5.11. The van der Waals surface area contributed by atoms with Crippen LogP contribution in [0.5, 0.6) is 5.75 Å². The molecule has 1 heterocycles. The fourth-order valence-electron chi connectivity index (χ4n) is 3.16. The molecule has 0 aliphatic rings. The molecule has 14 nitrogen and oxygen atoms in total. The first-order valence-corrected chi connectivity index (χ1v) is 10.9. The molecule has 0 spiro atoms. The molecule has 0 bridgehead atoms. The predicted octanol–water partition coefficient (Wildman–Crippen LogP) is -2.34. The highest BCUT2D eigenvalue weighted by Crippen LogP contribution is 2.11. The Morgan fingerprint density at radius 3 is 2.17 bits per heavy atom. The molecule has 10 N–H and O–H groups in total. The van der Waals surface area contributed by atoms with E-state index in [1.807, 2.05) is 0 Å². The lowest BCUT2D eigenvalue weighted by Crippen LogP contribution is -2.57. The Labute approximate surface area is 205 Å². The highest BCUT2D eigenvalue weighted by Gasteiger charge is 2.29. The standard InChI is InChI=1S/C22H29N7O7/c1-11(19(32)29-17(22(35)36)8-18(24)31)27-21(34)16(7-13-9-25-10-26-13)28-20(33)15(23)6-12-2-4-14(30)5-3-12/h2-5,9-11,15-17,30H,6-8,23H2,1H3,(H2,24,31)(H,25,26)(H,27,34)(H,28,33)(H,29,32)(H,35,36). The van der Waals surface area contributed by atoms with E-state index in [1.54, 1.807) is 12.1 Å². The summed E-state index contributed by atoms with van der Waals surface area (Å²) in [6.45, 7) is 1.31. The first-order valence-electron chi connectivity index (χ1n) is 10.9. The molecule has 1 aromatic carbocycles. The monoisotopic (exact) mass is 503 g/mol. The van der Waals surface area contributed by atoms with Gasteiger partial charge in [-0.2, -0.15) is 0 Å². The average molecular weight is 504 g/mol. The molecule has 14 heteroatoms. The Morgan fingerprint density at radius 1 is 0.972 bits per heavy atom. The summed E-state index contributed by atoms with van der Waals surface area (Å²) in [5, 5.41) is 25.6. The van der Waals surface area contributed by atoms with E-state index in [4.69, 9.17) is 16.6 Å². The summed E-state index contributed by atoms with van der Waals surface area (Å²) < 4.78 is 0. The fraction of sp³-hybridized carbons (Fsp3) is 0.364. The lowest BCUT2D eigenvalue weighted by molar-refractivity contribution is -0.143. The molecule has 0 saturated heterocycles. The molecule has 0 saturated carbocycles. The molecule has 4 unspecified atom stereocenters. The lowest BCUT2D eigenvalue weighted by atomic mass is 10.0. The molecule has 4 amide bonds. The van der Waals surface area contributed by atoms with Gasteiger partial charge in [0.25, 0.3) is 0 Å². The number of rotatable bonds is 13. The molecule has 1 aromatic heterocycles. The third kappa shape index (κ3) is 8.72. The van der Waals surface area contributed by atoms with Crippen LogP contribution >= 0.6 is 0 Å². The van der Waals surface area contributed by atoms with Crippen LogP contribution in [0.3, 0.4) is 0 Å². The van der Waals surface area contributed by atoms with E-state index < -0.39 is 60.2 Å². The van der Waals surface area contributed by atoms with Crippen LogP contribution < -0.4 is 27.4 Å². The summed E-state index contributed by atoms with van der Waals surface area (Å²) in [4.78, 5) is 67.0. The molecule has 36 heavy (non-hydrogen) atoms. The second-order valence-corrected chi connectivity index (χ2v) is 8.12. The van der Waals surface area contributed by atoms with Crippen LogP contribution in [0.15, 0.2) is 36.8 Å². The van der Waals surface area contributed by atoms with Gasteiger partial charge in [-0.3, -0.25) is 19.2 Å². The molecule has 4 atom stereocenters. The van der Waals surface area contributed by atoms with E-state index in [0.717, 1.165) is 0 Å². The van der Waals surface area contributed by atoms with E-state index in [9.17, 15) is 29.1 Å². The van der Waals surface area contributed by atoms with Crippen LogP contribution in [-0.4, -0.2) is 73.9 Å². The number of phenolic OH excluding ortho intramolecular Hbond substituents is 1. The zero-order valence-corrected chi connectivity index (χ0v) is 19.4. The Morgan fingerprint density at radius 2 is 1.61 bits per heavy atom. The van der Waals surface area contributed by atoms with Crippen molar-refractivity contribution in [3.8, 4) is 5.75 Å². The smallest absolute Gasteiger partial charge is 0.326 e. The number of benzene rings is 1. The number of carbonyl (C=O) groups is 5. The van der Waals surface area contributed by atoms with Gasteiger partial charge in [-0.15, -0.1) is 0 Å². The minimum Gasteiger partial charge on any atom is -0.508 e. The van der Waals surface area contributed by atoms with Gasteiger partial charge in [0.2, 0.25) is 23.6 Å². The number of primary amides is 1. The molecular formula is C22H29N7O7. The van der Waals surface area contributed by atoms with E-state index in [-0.39, 0.29) is 18.6 Å². The molecule has 0 fully saturated rings. The van der Waals surface area contributed by atoms with Crippen molar-refractivity contribution in [1.82, 2.24) is 25.9 Å². The number of aromatic amines is 1. The van der Waals surface area contributed by atoms with Crippen molar-refractivity contribution < 1.29 is 34.2 Å². The van der Waals surface area contributed by atoms with Crippen molar-refractivity contribution in [3.05, 3.63) is 48.0 Å². The van der Waals surface area contributed by atoms with Gasteiger partial charge in [0.1, 0.15) is 23.9 Å². The van der Waals surface area contributed by atoms with Crippen LogP contribution in [0, 0.1) is 0 Å². The van der Waals surface area contributed by atoms with Crippen LogP contribution in [0.2, 0.25) is 0 Å². The van der Waals surface area contributed by atoms with Crippen molar-refractivity contribution >= 4 is 29.6 Å². The third-order valence-electron chi connectivity index (χ3n) is 5.11. The highest BCUT2D eigenvalue weighted by molar-refractivity contribution is 5.94. The number of carboxylic acids is 1. The molecular weight excluding hydrogens is 474 g/mol. The number of nitrogens with two attached hydrogens (primary N) is 2. The topological polar surface area (TPSA) is 243 Å². The molecule has 0 aliphatic heterocycles. The number of nitrogens with one attached hydrogen (secondary N) is 4. The number of aliphatic carboxylic acids is 1. The minimum atomic E-state index is -1.56. The van der Waals surface area contributed by atoms with Gasteiger partial charge < -0.3 is 42.6 Å². The van der Waals surface area contributed by atoms with Crippen molar-refractivity contribution in [2.75, 3.05) is 0 Å². The maximum atomic E-state index is 12.9. The summed E-state index contributed by atoms with van der Waals surface area (Å²) in [7, 11) is 0. The summed E-state index contributed by atoms with van der Waals surface area (Å²) >= 11 is 0. The van der Waals surface area contributed by atoms with Crippen molar-refractivity contribution in [1.29, 1.82) is 0 Å². The first kappa shape index (κ1) is 27.8. The summed E-state index contributed by atoms with van der Waals surface area (Å²) in [6, 6.07) is 1.20. The Bertz CT molecular complexity index is 1070. The number of hydrogen-bond donors (Lipinski definition) is 8. The molecule has 0 radical (unpaired) electrons. The SMILES string of the molecule is CC(NC(=O)C(Cc1cnc[nH]1)NC(=O)C(N)Cc1ccc(O)cc1)C(=O)NC(CC(N)=O)C(=O)O. The van der Waals surface area contributed by atoms with Gasteiger partial charge in [-0.25, -0.2) is 9.78 Å². The van der Waals surface area contributed by atoms with Crippen LogP contribution in [0.4, 0.5) is 0 Å². The average Bonchev–Trinajstić information content (AvgIpc) is 3.32. The van der Waals surface area contributed by atoms with Crippen molar-refractivity contribution in [3.63, 3.8) is 0 Å². The van der Waals surface area contributed by atoms with Gasteiger partial charge in [0.15, 0.2) is 0 Å². The Balaban J connectivity index is 2.05. The number of phenols is 1. The maximum absolute atomic E-state index is 12.9. The number of aromatic hydroxyl groups is 1. The normalized spacial score (nSPS) is 14.1. The van der Waals surface area contributed by atoms with E-state index in [0.29, 0.717) is 11.3 Å². The summed E-state index contributed by atoms with van der Waals surface area (Å²) in [5.74, 6) is -4.56. The van der Waals surface area contributed by atoms with Crippen LogP contribution in [0.1, 0.15) is 24.6 Å². The van der Waals surface area contributed by atoms with E-state index in [2.05, 4.69) is 25.9 Å². The molecule has 2 aromatic rings. The Hall–Kier alpha value is -4.46. The number of aromatic nitrogens is 2. The predicted molar refractivity (Wildman–Crippen MR) is 125 cm³/mol. The minimum absolute atomic E-state index is 0.00271. The zero-order chi connectivity index (χ0) is 26.8. The first-order chi connectivity index (χ1) is 17.0. The second kappa shape index (κ2) is 12.9. The van der Waals surface area contributed by atoms with Gasteiger partial charge in [-0.05, 0) is 31.0 Å². The fourth-order valence-corrected chi connectivity index (χ4v) is 3.16. The lowest BCUT2D eigenvalue weighted by Gasteiger charge is -2.23. The van der Waals surface area contributed by atoms with Gasteiger partial charge in [-0.1, -0.05) is 12.1 Å². The number of amides is 4. The number of imidazole rings is 1. The number of nitrogens with zero attached hydrogens (tertiary/aromatic N) is 1. The van der Waals surface area contributed by atoms with Crippen LogP contribution in [-0.2, 0) is 36.8 Å². The van der Waals surface area contributed by atoms with Crippen molar-refractivity contribution in [2.45, 2.75) is 50.4 Å². The number of H-pyrrole nitrogens is 1. The van der Waals surface area contributed by atoms with Crippen LogP contribution in [0.25, 0.3) is 0 Å². The van der Waals surface area contributed by atoms with E-state index >= 15 is 0 Å². The van der Waals surface area contributed by atoms with E-state index in [1.165, 1.54) is 31.6 Å². The molecule has 0 aliphatic carbocycles. The number of hydrogen-bond acceptors (Lipinski definition) is 8. The van der Waals surface area contributed by atoms with Gasteiger partial charge in [0.05, 0.1) is 18.8 Å². The van der Waals surface area contributed by atoms with Gasteiger partial charge in [0, 0.05) is 18.3 Å². The molecule has 194 valence electrons. The van der Waals surface area contributed by atoms with Crippen molar-refractivity contribution in [2.24, 2.45) is 11.5 Å². The molecule has 2 rings (SSSR count). The summed E-state index contributed by atoms with van der Waals surface area (Å²) in [6.07, 6.45) is 2.36. The number of carboxylic acid groups (broad SMARTS) is 1. The largest absolute Gasteiger partial charge is 0.508 e. The quantitative estimate of drug-likeness (QED) is 0.146. The highest BCUT2D eigenvalue weighted by atomic mass is 16.4. The second-order valence-electron chi connectivity index (χ2n) is 8.12. The number of carbonyl (C=O) groups excluding carboxylic acids is 4. The van der Waals surface area contributed by atoms with Gasteiger partial charge >= 0.3 is 5.97 Å². The maximum Gasteiger partial charge on any atom is 0.326 e. The zero-order valence-electron chi connectivity index (χ0n) is 19.4. The Kier molecular flexibility index (Phi) is 9.92.